The van der Waals surface area contributed by atoms with Gasteiger partial charge in [0.05, 0.1) is 36.7 Å². The maximum atomic E-state index is 13.4. The number of aliphatic hydroxyl groups is 1. The van der Waals surface area contributed by atoms with Crippen molar-refractivity contribution >= 4 is 23.1 Å². The molecule has 3 aromatic heterocycles. The monoisotopic (exact) mass is 499 g/mol. The minimum atomic E-state index is -0.842. The number of fused-ring (bicyclic) bond motifs is 1. The highest BCUT2D eigenvalue weighted by molar-refractivity contribution is 6.46. The molecule has 1 atom stereocenters. The molecule has 0 saturated carbocycles. The highest BCUT2D eigenvalue weighted by Gasteiger charge is 2.47. The molecule has 8 heteroatoms. The molecule has 4 heterocycles. The van der Waals surface area contributed by atoms with Crippen molar-refractivity contribution in [2.24, 2.45) is 0 Å². The molecule has 1 fully saturated rings. The summed E-state index contributed by atoms with van der Waals surface area (Å²) < 4.78 is 13.2. The first-order chi connectivity index (χ1) is 17.9. The summed E-state index contributed by atoms with van der Waals surface area (Å²) in [6, 6.07) is 13.8. The molecule has 5 rings (SSSR count). The lowest BCUT2D eigenvalue weighted by Gasteiger charge is -2.24. The maximum absolute atomic E-state index is 13.4. The van der Waals surface area contributed by atoms with E-state index in [9.17, 15) is 14.7 Å². The topological polar surface area (TPSA) is 97.3 Å². The lowest BCUT2D eigenvalue weighted by atomic mass is 9.96. The third-order valence-electron chi connectivity index (χ3n) is 6.70. The van der Waals surface area contributed by atoms with Crippen molar-refractivity contribution in [2.45, 2.75) is 46.2 Å². The number of aromatic nitrogens is 2. The van der Waals surface area contributed by atoms with Gasteiger partial charge >= 0.3 is 0 Å². The number of pyridine rings is 1. The van der Waals surface area contributed by atoms with Crippen molar-refractivity contribution in [2.75, 3.05) is 6.61 Å². The Kier molecular flexibility index (Phi) is 6.56. The number of hydrogen-bond donors (Lipinski definition) is 1. The first kappa shape index (κ1) is 24.4. The predicted octanol–water partition coefficient (Wildman–Crippen LogP) is 5.34. The molecule has 1 aliphatic rings. The van der Waals surface area contributed by atoms with E-state index in [4.69, 9.17) is 9.15 Å². The van der Waals surface area contributed by atoms with Crippen molar-refractivity contribution in [3.63, 3.8) is 0 Å². The first-order valence-corrected chi connectivity index (χ1v) is 12.4. The van der Waals surface area contributed by atoms with Crippen LogP contribution in [-0.4, -0.2) is 37.7 Å². The summed E-state index contributed by atoms with van der Waals surface area (Å²) in [5.41, 5.74) is 3.19. The Balaban J connectivity index is 1.66. The molecular formula is C29H29N3O5. The molecule has 0 spiro atoms. The second kappa shape index (κ2) is 9.97. The van der Waals surface area contributed by atoms with Gasteiger partial charge in [-0.2, -0.15) is 0 Å². The van der Waals surface area contributed by atoms with Crippen molar-refractivity contribution in [3.05, 3.63) is 94.8 Å². The molecule has 0 bridgehead atoms. The van der Waals surface area contributed by atoms with Crippen LogP contribution in [0.15, 0.2) is 71.0 Å². The average Bonchev–Trinajstić information content (AvgIpc) is 3.59. The fourth-order valence-electron chi connectivity index (χ4n) is 4.74. The fraction of sp³-hybridized carbons (Fsp3) is 0.276. The number of unbranched alkanes of at least 4 members (excludes halogenated alkanes) is 1. The van der Waals surface area contributed by atoms with Crippen LogP contribution in [0.5, 0.6) is 5.75 Å². The highest BCUT2D eigenvalue weighted by Crippen LogP contribution is 2.41. The number of Topliss-reactive ketones (excluding diaryl/α,β-unsaturated/α-hetero) is 1. The van der Waals surface area contributed by atoms with Gasteiger partial charge in [-0.3, -0.25) is 9.59 Å². The van der Waals surface area contributed by atoms with E-state index in [0.29, 0.717) is 35.0 Å². The Hall–Kier alpha value is -4.33. The molecule has 1 saturated heterocycles. The number of carbonyl (C=O) groups excluding carboxylic acids is 2. The maximum Gasteiger partial charge on any atom is 0.296 e. The van der Waals surface area contributed by atoms with Crippen LogP contribution in [0.1, 0.15) is 54.1 Å². The minimum Gasteiger partial charge on any atom is -0.505 e. The minimum absolute atomic E-state index is 0.00794. The molecule has 1 amide bonds. The zero-order chi connectivity index (χ0) is 26.1. The van der Waals surface area contributed by atoms with Gasteiger partial charge < -0.3 is 23.6 Å². The molecule has 1 unspecified atom stereocenters. The first-order valence-electron chi connectivity index (χ1n) is 12.4. The van der Waals surface area contributed by atoms with Gasteiger partial charge in [0.2, 0.25) is 0 Å². The number of ketones is 1. The van der Waals surface area contributed by atoms with Gasteiger partial charge in [-0.25, -0.2) is 4.98 Å². The summed E-state index contributed by atoms with van der Waals surface area (Å²) in [4.78, 5) is 32.8. The van der Waals surface area contributed by atoms with Crippen molar-refractivity contribution in [1.82, 2.24) is 14.3 Å². The summed E-state index contributed by atoms with van der Waals surface area (Å²) >= 11 is 0. The zero-order valence-corrected chi connectivity index (χ0v) is 21.1. The molecule has 1 aliphatic heterocycles. The molecule has 1 N–H and O–H groups in total. The standard InChI is InChI=1S/C29H29N3O5/c1-4-5-14-36-21-11-6-10-20(16-21)25-23(27(34)29(35)32(25)17-22-12-8-15-37-22)26(33)24-19(3)31-13-7-9-18(2)28(31)30-24/h6-13,15-16,25,33H,4-5,14,17H2,1-3H3/b26-23+. The van der Waals surface area contributed by atoms with Crippen molar-refractivity contribution < 1.29 is 23.8 Å². The summed E-state index contributed by atoms with van der Waals surface area (Å²) in [5.74, 6) is -0.614. The second-order valence-electron chi connectivity index (χ2n) is 9.21. The van der Waals surface area contributed by atoms with Crippen LogP contribution >= 0.6 is 0 Å². The van der Waals surface area contributed by atoms with Crippen molar-refractivity contribution in [3.8, 4) is 5.75 Å². The highest BCUT2D eigenvalue weighted by atomic mass is 16.5. The van der Waals surface area contributed by atoms with E-state index < -0.39 is 17.7 Å². The molecule has 8 nitrogen and oxygen atoms in total. The Morgan fingerprint density at radius 1 is 1.14 bits per heavy atom. The molecule has 37 heavy (non-hydrogen) atoms. The van der Waals surface area contributed by atoms with Crippen LogP contribution in [-0.2, 0) is 16.1 Å². The van der Waals surface area contributed by atoms with Gasteiger partial charge in [-0.1, -0.05) is 31.5 Å². The van der Waals surface area contributed by atoms with Crippen LogP contribution in [0.2, 0.25) is 0 Å². The van der Waals surface area contributed by atoms with E-state index in [1.165, 1.54) is 11.2 Å². The van der Waals surface area contributed by atoms with Crippen LogP contribution in [0.4, 0.5) is 0 Å². The number of nitrogens with zero attached hydrogens (tertiary/aromatic N) is 3. The number of hydrogen-bond acceptors (Lipinski definition) is 6. The number of imidazole rings is 1. The normalized spacial score (nSPS) is 17.2. The van der Waals surface area contributed by atoms with Gasteiger partial charge in [0.1, 0.15) is 22.9 Å². The molecule has 0 aliphatic carbocycles. The third kappa shape index (κ3) is 4.39. The van der Waals surface area contributed by atoms with E-state index >= 15 is 0 Å². The molecule has 4 aromatic rings. The lowest BCUT2D eigenvalue weighted by molar-refractivity contribution is -0.140. The molecular weight excluding hydrogens is 470 g/mol. The predicted molar refractivity (Wildman–Crippen MR) is 138 cm³/mol. The zero-order valence-electron chi connectivity index (χ0n) is 21.1. The summed E-state index contributed by atoms with van der Waals surface area (Å²) in [5, 5.41) is 11.5. The molecule has 190 valence electrons. The van der Waals surface area contributed by atoms with Gasteiger partial charge in [-0.05, 0) is 61.7 Å². The number of aryl methyl sites for hydroxylation is 2. The Morgan fingerprint density at radius 3 is 2.70 bits per heavy atom. The largest absolute Gasteiger partial charge is 0.505 e. The van der Waals surface area contributed by atoms with Gasteiger partial charge in [0.15, 0.2) is 5.76 Å². The number of likely N-dealkylation sites (tertiary alicyclic amines) is 1. The van der Waals surface area contributed by atoms with Crippen LogP contribution in [0.25, 0.3) is 11.4 Å². The SMILES string of the molecule is CCCCOc1cccc(C2/C(=C(\O)c3nc4c(C)cccn4c3C)C(=O)C(=O)N2Cc2ccco2)c1. The smallest absolute Gasteiger partial charge is 0.296 e. The second-order valence-corrected chi connectivity index (χ2v) is 9.21. The molecule has 1 aromatic carbocycles. The molecule has 0 radical (unpaired) electrons. The van der Waals surface area contributed by atoms with E-state index in [2.05, 4.69) is 11.9 Å². The number of rotatable bonds is 8. The van der Waals surface area contributed by atoms with Gasteiger partial charge in [0, 0.05) is 6.20 Å². The number of benzene rings is 1. The number of ether oxygens (including phenoxy) is 1. The third-order valence-corrected chi connectivity index (χ3v) is 6.70. The quantitative estimate of drug-likeness (QED) is 0.152. The summed E-state index contributed by atoms with van der Waals surface area (Å²) in [6.45, 7) is 6.47. The van der Waals surface area contributed by atoms with Crippen LogP contribution in [0.3, 0.4) is 0 Å². The number of amides is 1. The van der Waals surface area contributed by atoms with E-state index in [-0.39, 0.29) is 23.6 Å². The summed E-state index contributed by atoms with van der Waals surface area (Å²) in [7, 11) is 0. The number of aliphatic hydroxyl groups excluding tert-OH is 1. The lowest BCUT2D eigenvalue weighted by Crippen LogP contribution is -2.29. The fourth-order valence-corrected chi connectivity index (χ4v) is 4.74. The van der Waals surface area contributed by atoms with Gasteiger partial charge in [-0.15, -0.1) is 0 Å². The summed E-state index contributed by atoms with van der Waals surface area (Å²) in [6.07, 6.45) is 5.28. The number of carbonyl (C=O) groups is 2. The van der Waals surface area contributed by atoms with Gasteiger partial charge in [0.25, 0.3) is 11.7 Å². The Labute approximate surface area is 214 Å². The van der Waals surface area contributed by atoms with Crippen LogP contribution < -0.4 is 4.74 Å². The van der Waals surface area contributed by atoms with E-state index in [0.717, 1.165) is 18.4 Å². The Morgan fingerprint density at radius 2 is 1.97 bits per heavy atom. The van der Waals surface area contributed by atoms with Crippen LogP contribution in [0, 0.1) is 13.8 Å². The average molecular weight is 500 g/mol. The van der Waals surface area contributed by atoms with E-state index in [1.807, 2.05) is 60.8 Å². The van der Waals surface area contributed by atoms with Crippen molar-refractivity contribution in [1.29, 1.82) is 0 Å². The van der Waals surface area contributed by atoms with E-state index in [1.54, 1.807) is 12.1 Å². The Bertz CT molecular complexity index is 1500. The number of furan rings is 1.